The van der Waals surface area contributed by atoms with Crippen molar-refractivity contribution in [1.82, 2.24) is 5.32 Å². The first-order valence-electron chi connectivity index (χ1n) is 2.78. The standard InChI is InChI=1S/C6H3ClN4/c7-6-10-4(2-8)1-5(3-9)11-6/h1,4H,(H,10,11). The van der Waals surface area contributed by atoms with Gasteiger partial charge < -0.3 is 5.32 Å². The number of halogens is 1. The van der Waals surface area contributed by atoms with Crippen LogP contribution in [0.2, 0.25) is 0 Å². The van der Waals surface area contributed by atoms with E-state index < -0.39 is 6.04 Å². The van der Waals surface area contributed by atoms with Gasteiger partial charge in [0.05, 0.1) is 6.07 Å². The van der Waals surface area contributed by atoms with Crippen molar-refractivity contribution >= 4 is 16.9 Å². The van der Waals surface area contributed by atoms with Crippen molar-refractivity contribution in [2.75, 3.05) is 0 Å². The first kappa shape index (κ1) is 7.59. The molecule has 5 heteroatoms. The summed E-state index contributed by atoms with van der Waals surface area (Å²) in [6.07, 6.45) is 1.41. The molecule has 1 atom stereocenters. The van der Waals surface area contributed by atoms with Crippen LogP contribution in [0.3, 0.4) is 0 Å². The second kappa shape index (κ2) is 3.05. The van der Waals surface area contributed by atoms with Crippen LogP contribution in [-0.2, 0) is 0 Å². The molecule has 0 aromatic rings. The molecule has 0 saturated carbocycles. The van der Waals surface area contributed by atoms with E-state index in [1.165, 1.54) is 6.08 Å². The van der Waals surface area contributed by atoms with Gasteiger partial charge in [0.15, 0.2) is 11.3 Å². The minimum absolute atomic E-state index is 0.0793. The summed E-state index contributed by atoms with van der Waals surface area (Å²) in [4.78, 5) is 3.68. The molecule has 1 unspecified atom stereocenters. The Hall–Kier alpha value is -1.52. The van der Waals surface area contributed by atoms with Crippen molar-refractivity contribution in [3.63, 3.8) is 0 Å². The summed E-state index contributed by atoms with van der Waals surface area (Å²) in [5.41, 5.74) is 0.261. The highest BCUT2D eigenvalue weighted by atomic mass is 35.5. The second-order valence-corrected chi connectivity index (χ2v) is 2.17. The predicted molar refractivity (Wildman–Crippen MR) is 39.5 cm³/mol. The summed E-state index contributed by atoms with van der Waals surface area (Å²) in [7, 11) is 0. The van der Waals surface area contributed by atoms with Gasteiger partial charge in [-0.2, -0.15) is 10.5 Å². The van der Waals surface area contributed by atoms with Gasteiger partial charge in [0.25, 0.3) is 0 Å². The fourth-order valence-electron chi connectivity index (χ4n) is 0.634. The molecule has 0 aromatic carbocycles. The molecular formula is C6H3ClN4. The molecule has 0 radical (unpaired) electrons. The van der Waals surface area contributed by atoms with E-state index >= 15 is 0 Å². The normalized spacial score (nSPS) is 21.9. The third-order valence-corrected chi connectivity index (χ3v) is 1.26. The van der Waals surface area contributed by atoms with Crippen molar-refractivity contribution in [2.24, 2.45) is 4.99 Å². The number of allylic oxidation sites excluding steroid dienone is 1. The van der Waals surface area contributed by atoms with Crippen LogP contribution in [0.4, 0.5) is 0 Å². The van der Waals surface area contributed by atoms with Crippen LogP contribution in [0.1, 0.15) is 0 Å². The van der Waals surface area contributed by atoms with Crippen LogP contribution in [-0.4, -0.2) is 11.3 Å². The largest absolute Gasteiger partial charge is 0.322 e. The molecule has 1 aliphatic rings. The molecule has 11 heavy (non-hydrogen) atoms. The van der Waals surface area contributed by atoms with Crippen LogP contribution < -0.4 is 5.32 Å². The van der Waals surface area contributed by atoms with Crippen LogP contribution in [0.5, 0.6) is 0 Å². The molecule has 1 aliphatic heterocycles. The van der Waals surface area contributed by atoms with E-state index in [1.807, 2.05) is 12.1 Å². The number of amidine groups is 1. The average molecular weight is 167 g/mol. The summed E-state index contributed by atoms with van der Waals surface area (Å²) in [5.74, 6) is 0. The lowest BCUT2D eigenvalue weighted by Crippen LogP contribution is -2.24. The van der Waals surface area contributed by atoms with Crippen molar-refractivity contribution in [3.05, 3.63) is 11.8 Å². The molecule has 0 aliphatic carbocycles. The predicted octanol–water partition coefficient (Wildman–Crippen LogP) is 0.484. The minimum Gasteiger partial charge on any atom is -0.322 e. The van der Waals surface area contributed by atoms with E-state index in [0.717, 1.165) is 0 Å². The monoisotopic (exact) mass is 166 g/mol. The Balaban J connectivity index is 2.87. The first-order valence-corrected chi connectivity index (χ1v) is 3.16. The third kappa shape index (κ3) is 1.70. The summed E-state index contributed by atoms with van der Waals surface area (Å²) in [6.45, 7) is 0. The lowest BCUT2D eigenvalue weighted by atomic mass is 10.2. The minimum atomic E-state index is -0.640. The van der Waals surface area contributed by atoms with E-state index in [2.05, 4.69) is 10.3 Å². The van der Waals surface area contributed by atoms with Gasteiger partial charge in [-0.1, -0.05) is 0 Å². The SMILES string of the molecule is N#CC1=CC(C#N)N=C(Cl)N1. The van der Waals surface area contributed by atoms with E-state index in [1.54, 1.807) is 0 Å². The molecule has 4 nitrogen and oxygen atoms in total. The maximum atomic E-state index is 8.42. The van der Waals surface area contributed by atoms with E-state index in [-0.39, 0.29) is 11.0 Å². The molecule has 1 rings (SSSR count). The Kier molecular flexibility index (Phi) is 2.10. The zero-order valence-corrected chi connectivity index (χ0v) is 6.13. The highest BCUT2D eigenvalue weighted by Crippen LogP contribution is 2.04. The topological polar surface area (TPSA) is 72.0 Å². The number of nitrogens with one attached hydrogen (secondary N) is 1. The Morgan fingerprint density at radius 1 is 1.64 bits per heavy atom. The Morgan fingerprint density at radius 2 is 2.36 bits per heavy atom. The first-order chi connectivity index (χ1) is 5.26. The number of nitriles is 2. The smallest absolute Gasteiger partial charge is 0.197 e. The zero-order valence-electron chi connectivity index (χ0n) is 5.37. The molecule has 54 valence electrons. The molecule has 1 N–H and O–H groups in total. The van der Waals surface area contributed by atoms with E-state index in [4.69, 9.17) is 22.1 Å². The van der Waals surface area contributed by atoms with Gasteiger partial charge in [0, 0.05) is 0 Å². The molecule has 0 spiro atoms. The van der Waals surface area contributed by atoms with Crippen LogP contribution in [0.15, 0.2) is 16.8 Å². The van der Waals surface area contributed by atoms with Gasteiger partial charge in [-0.25, -0.2) is 4.99 Å². The zero-order chi connectivity index (χ0) is 8.27. The van der Waals surface area contributed by atoms with Crippen molar-refractivity contribution in [2.45, 2.75) is 6.04 Å². The molecule has 0 amide bonds. The second-order valence-electron chi connectivity index (χ2n) is 1.81. The number of aliphatic imine (C=N–C) groups is 1. The molecule has 0 aromatic heterocycles. The highest BCUT2D eigenvalue weighted by Gasteiger charge is 2.11. The highest BCUT2D eigenvalue weighted by molar-refractivity contribution is 6.65. The van der Waals surface area contributed by atoms with Gasteiger partial charge in [-0.05, 0) is 17.7 Å². The quantitative estimate of drug-likeness (QED) is 0.532. The average Bonchev–Trinajstić information content (AvgIpc) is 2.03. The van der Waals surface area contributed by atoms with Gasteiger partial charge in [0.1, 0.15) is 11.8 Å². The molecule has 1 heterocycles. The maximum absolute atomic E-state index is 8.42. The molecule has 0 fully saturated rings. The number of rotatable bonds is 0. The molecule has 0 saturated heterocycles. The number of nitrogens with zero attached hydrogens (tertiary/aromatic N) is 3. The lowest BCUT2D eigenvalue weighted by Gasteiger charge is -2.08. The van der Waals surface area contributed by atoms with Crippen molar-refractivity contribution < 1.29 is 0 Å². The van der Waals surface area contributed by atoms with Crippen LogP contribution in [0.25, 0.3) is 0 Å². The van der Waals surface area contributed by atoms with E-state index in [0.29, 0.717) is 0 Å². The molecule has 0 bridgehead atoms. The third-order valence-electron chi connectivity index (χ3n) is 1.07. The van der Waals surface area contributed by atoms with Crippen molar-refractivity contribution in [3.8, 4) is 12.1 Å². The summed E-state index contributed by atoms with van der Waals surface area (Å²) in [5, 5.41) is 19.4. The summed E-state index contributed by atoms with van der Waals surface area (Å²) in [6, 6.07) is 3.05. The van der Waals surface area contributed by atoms with Crippen LogP contribution in [0, 0.1) is 22.7 Å². The number of hydrogen-bond acceptors (Lipinski definition) is 4. The van der Waals surface area contributed by atoms with Gasteiger partial charge in [-0.15, -0.1) is 0 Å². The fraction of sp³-hybridized carbons (Fsp3) is 0.167. The lowest BCUT2D eigenvalue weighted by molar-refractivity contribution is 0.962. The Bertz CT molecular complexity index is 304. The van der Waals surface area contributed by atoms with Gasteiger partial charge >= 0.3 is 0 Å². The number of hydrogen-bond donors (Lipinski definition) is 1. The van der Waals surface area contributed by atoms with Crippen molar-refractivity contribution in [1.29, 1.82) is 10.5 Å². The van der Waals surface area contributed by atoms with Gasteiger partial charge in [0.2, 0.25) is 0 Å². The van der Waals surface area contributed by atoms with Crippen LogP contribution >= 0.6 is 11.6 Å². The van der Waals surface area contributed by atoms with Gasteiger partial charge in [-0.3, -0.25) is 0 Å². The maximum Gasteiger partial charge on any atom is 0.197 e. The Morgan fingerprint density at radius 3 is 2.91 bits per heavy atom. The molecular weight excluding hydrogens is 164 g/mol. The fourth-order valence-corrected chi connectivity index (χ4v) is 0.841. The van der Waals surface area contributed by atoms with E-state index in [9.17, 15) is 0 Å². The summed E-state index contributed by atoms with van der Waals surface area (Å²) < 4.78 is 0. The Labute approximate surface area is 68.4 Å². The summed E-state index contributed by atoms with van der Waals surface area (Å²) >= 11 is 5.46.